The maximum atomic E-state index is 3.70. The highest BCUT2D eigenvalue weighted by Gasteiger charge is 2.13. The molecule has 4 heteroatoms. The molecule has 0 radical (unpaired) electrons. The Balaban J connectivity index is 1.73. The van der Waals surface area contributed by atoms with E-state index in [0.29, 0.717) is 5.25 Å². The molecule has 2 rings (SSSR count). The molecule has 0 bridgehead atoms. The molecule has 1 aliphatic carbocycles. The second kappa shape index (κ2) is 10.3. The van der Waals surface area contributed by atoms with E-state index in [1.165, 1.54) is 44.2 Å². The van der Waals surface area contributed by atoms with E-state index in [-0.39, 0.29) is 0 Å². The van der Waals surface area contributed by atoms with Gasteiger partial charge in [-0.15, -0.1) is 0 Å². The highest BCUT2D eigenvalue weighted by Crippen LogP contribution is 2.20. The molecule has 1 aliphatic heterocycles. The first kappa shape index (κ1) is 17.9. The molecule has 1 atom stereocenters. The standard InChI is InChI=1S/C18H33N3S/c1-3-18(21-14-12-19-13-15-21)11-10-16(2)22-20-17-8-6-4-5-7-9-17/h3,10-11,16-17,19-20H,4-9,12-15H2,1-2H3/b11-10-,18-3+. The first-order chi connectivity index (χ1) is 10.8. The van der Waals surface area contributed by atoms with Crippen LogP contribution in [0.2, 0.25) is 0 Å². The van der Waals surface area contributed by atoms with E-state index in [4.69, 9.17) is 0 Å². The Bertz CT molecular complexity index is 353. The summed E-state index contributed by atoms with van der Waals surface area (Å²) >= 11 is 1.90. The number of hydrogen-bond acceptors (Lipinski definition) is 4. The van der Waals surface area contributed by atoms with Crippen LogP contribution in [0.25, 0.3) is 0 Å². The molecule has 3 nitrogen and oxygen atoms in total. The molecule has 1 unspecified atom stereocenters. The fourth-order valence-electron chi connectivity index (χ4n) is 3.18. The van der Waals surface area contributed by atoms with Gasteiger partial charge in [-0.1, -0.05) is 49.8 Å². The van der Waals surface area contributed by atoms with Gasteiger partial charge in [-0.3, -0.25) is 4.72 Å². The minimum atomic E-state index is 0.515. The first-order valence-electron chi connectivity index (χ1n) is 9.01. The Kier molecular flexibility index (Phi) is 8.42. The summed E-state index contributed by atoms with van der Waals surface area (Å²) < 4.78 is 3.70. The normalized spacial score (nSPS) is 23.7. The maximum absolute atomic E-state index is 3.70. The number of hydrogen-bond donors (Lipinski definition) is 2. The van der Waals surface area contributed by atoms with Crippen molar-refractivity contribution < 1.29 is 0 Å². The second-order valence-corrected chi connectivity index (χ2v) is 7.65. The number of piperazine rings is 1. The molecule has 0 spiro atoms. The maximum Gasteiger partial charge on any atom is 0.0348 e. The monoisotopic (exact) mass is 323 g/mol. The van der Waals surface area contributed by atoms with Crippen molar-refractivity contribution >= 4 is 11.9 Å². The Morgan fingerprint density at radius 1 is 1.18 bits per heavy atom. The van der Waals surface area contributed by atoms with Crippen molar-refractivity contribution in [1.29, 1.82) is 0 Å². The zero-order valence-corrected chi connectivity index (χ0v) is 15.1. The van der Waals surface area contributed by atoms with Crippen LogP contribution in [0, 0.1) is 0 Å². The van der Waals surface area contributed by atoms with Crippen molar-refractivity contribution in [2.75, 3.05) is 26.2 Å². The van der Waals surface area contributed by atoms with Gasteiger partial charge in [-0.05, 0) is 32.8 Å². The summed E-state index contributed by atoms with van der Waals surface area (Å²) in [7, 11) is 0. The minimum absolute atomic E-state index is 0.515. The van der Waals surface area contributed by atoms with Crippen LogP contribution in [0.3, 0.4) is 0 Å². The minimum Gasteiger partial charge on any atom is -0.369 e. The van der Waals surface area contributed by atoms with Gasteiger partial charge in [0.25, 0.3) is 0 Å². The van der Waals surface area contributed by atoms with Crippen LogP contribution in [0.5, 0.6) is 0 Å². The second-order valence-electron chi connectivity index (χ2n) is 6.44. The molecular formula is C18H33N3S. The van der Waals surface area contributed by atoms with E-state index in [2.05, 4.69) is 47.0 Å². The van der Waals surface area contributed by atoms with Crippen LogP contribution in [0.1, 0.15) is 52.4 Å². The van der Waals surface area contributed by atoms with Crippen LogP contribution in [-0.2, 0) is 0 Å². The van der Waals surface area contributed by atoms with Crippen LogP contribution in [0.4, 0.5) is 0 Å². The van der Waals surface area contributed by atoms with E-state index < -0.39 is 0 Å². The van der Waals surface area contributed by atoms with Crippen LogP contribution >= 0.6 is 11.9 Å². The van der Waals surface area contributed by atoms with Crippen LogP contribution < -0.4 is 10.0 Å². The SMILES string of the molecule is C/C=C(\C=C/C(C)SNC1CCCCCC1)N1CCNCC1. The summed E-state index contributed by atoms with van der Waals surface area (Å²) in [5, 5.41) is 3.93. The smallest absolute Gasteiger partial charge is 0.0348 e. The highest BCUT2D eigenvalue weighted by molar-refractivity contribution is 7.98. The third kappa shape index (κ3) is 6.35. The van der Waals surface area contributed by atoms with Gasteiger partial charge in [0.2, 0.25) is 0 Å². The molecule has 0 aromatic heterocycles. The van der Waals surface area contributed by atoms with Crippen LogP contribution in [0.15, 0.2) is 23.9 Å². The van der Waals surface area contributed by atoms with Gasteiger partial charge in [-0.2, -0.15) is 0 Å². The zero-order chi connectivity index (χ0) is 15.6. The summed E-state index contributed by atoms with van der Waals surface area (Å²) in [6.07, 6.45) is 15.2. The molecule has 22 heavy (non-hydrogen) atoms. The van der Waals surface area contributed by atoms with Gasteiger partial charge in [0.1, 0.15) is 0 Å². The summed E-state index contributed by atoms with van der Waals surface area (Å²) in [6, 6.07) is 0.720. The molecular weight excluding hydrogens is 290 g/mol. The Morgan fingerprint density at radius 2 is 1.86 bits per heavy atom. The molecule has 1 heterocycles. The topological polar surface area (TPSA) is 27.3 Å². The summed E-state index contributed by atoms with van der Waals surface area (Å²) in [5.41, 5.74) is 1.36. The van der Waals surface area contributed by atoms with Gasteiger partial charge >= 0.3 is 0 Å². The lowest BCUT2D eigenvalue weighted by Gasteiger charge is -2.30. The quantitative estimate of drug-likeness (QED) is 0.443. The molecule has 126 valence electrons. The van der Waals surface area contributed by atoms with Crippen molar-refractivity contribution in [3.05, 3.63) is 23.9 Å². The molecule has 0 aromatic rings. The lowest BCUT2D eigenvalue weighted by atomic mass is 10.1. The van der Waals surface area contributed by atoms with Crippen molar-refractivity contribution in [2.24, 2.45) is 0 Å². The Hall–Kier alpha value is -0.450. The summed E-state index contributed by atoms with van der Waals surface area (Å²) in [6.45, 7) is 8.86. The van der Waals surface area contributed by atoms with Gasteiger partial charge in [0, 0.05) is 43.2 Å². The molecule has 0 aromatic carbocycles. The average molecular weight is 324 g/mol. The molecule has 1 saturated heterocycles. The van der Waals surface area contributed by atoms with Crippen molar-refractivity contribution in [1.82, 2.24) is 14.9 Å². The van der Waals surface area contributed by atoms with Gasteiger partial charge in [0.05, 0.1) is 0 Å². The predicted octanol–water partition coefficient (Wildman–Crippen LogP) is 3.70. The molecule has 2 N–H and O–H groups in total. The van der Waals surface area contributed by atoms with E-state index in [9.17, 15) is 0 Å². The van der Waals surface area contributed by atoms with Gasteiger partial charge < -0.3 is 10.2 Å². The summed E-state index contributed by atoms with van der Waals surface area (Å²) in [4.78, 5) is 2.48. The third-order valence-corrected chi connectivity index (χ3v) is 5.59. The average Bonchev–Trinajstić information content (AvgIpc) is 2.83. The van der Waals surface area contributed by atoms with Gasteiger partial charge in [0.15, 0.2) is 0 Å². The number of rotatable bonds is 6. The Morgan fingerprint density at radius 3 is 2.50 bits per heavy atom. The number of nitrogens with zero attached hydrogens (tertiary/aromatic N) is 1. The number of allylic oxidation sites excluding steroid dienone is 2. The summed E-state index contributed by atoms with van der Waals surface area (Å²) in [5.74, 6) is 0. The fraction of sp³-hybridized carbons (Fsp3) is 0.778. The van der Waals surface area contributed by atoms with Crippen molar-refractivity contribution in [3.8, 4) is 0 Å². The Labute approximate surface area is 141 Å². The highest BCUT2D eigenvalue weighted by atomic mass is 32.2. The molecule has 2 fully saturated rings. The fourth-order valence-corrected chi connectivity index (χ4v) is 3.98. The molecule has 2 aliphatic rings. The predicted molar refractivity (Wildman–Crippen MR) is 99.0 cm³/mol. The van der Waals surface area contributed by atoms with Gasteiger partial charge in [-0.25, -0.2) is 0 Å². The molecule has 0 amide bonds. The largest absolute Gasteiger partial charge is 0.369 e. The van der Waals surface area contributed by atoms with E-state index in [1.54, 1.807) is 0 Å². The molecule has 1 saturated carbocycles. The zero-order valence-electron chi connectivity index (χ0n) is 14.3. The van der Waals surface area contributed by atoms with E-state index in [0.717, 1.165) is 32.2 Å². The number of nitrogens with one attached hydrogen (secondary N) is 2. The first-order valence-corrected chi connectivity index (χ1v) is 9.89. The van der Waals surface area contributed by atoms with Crippen LogP contribution in [-0.4, -0.2) is 42.4 Å². The van der Waals surface area contributed by atoms with Crippen molar-refractivity contribution in [3.63, 3.8) is 0 Å². The third-order valence-electron chi connectivity index (χ3n) is 4.59. The lowest BCUT2D eigenvalue weighted by molar-refractivity contribution is 0.307. The van der Waals surface area contributed by atoms with E-state index in [1.807, 2.05) is 11.9 Å². The van der Waals surface area contributed by atoms with E-state index >= 15 is 0 Å². The van der Waals surface area contributed by atoms with Crippen molar-refractivity contribution in [2.45, 2.75) is 63.7 Å². The lowest BCUT2D eigenvalue weighted by Crippen LogP contribution is -2.42.